The van der Waals surface area contributed by atoms with Gasteiger partial charge in [-0.25, -0.2) is 4.39 Å². The second kappa shape index (κ2) is 10.9. The number of carbonyl (C=O) groups excluding carboxylic acids is 1. The van der Waals surface area contributed by atoms with Crippen LogP contribution in [0.5, 0.6) is 0 Å². The van der Waals surface area contributed by atoms with Crippen LogP contribution in [0.2, 0.25) is 0 Å². The fraction of sp³-hybridized carbons (Fsp3) is 0.385. The second-order valence-corrected chi connectivity index (χ2v) is 10.4. The fourth-order valence-electron chi connectivity index (χ4n) is 4.59. The molecule has 7 nitrogen and oxygen atoms in total. The Morgan fingerprint density at radius 2 is 1.78 bits per heavy atom. The lowest BCUT2D eigenvalue weighted by Crippen LogP contribution is -2.48. The van der Waals surface area contributed by atoms with Gasteiger partial charge in [-0.05, 0) is 49.7 Å². The molecule has 1 aromatic carbocycles. The minimum Gasteiger partial charge on any atom is -0.355 e. The van der Waals surface area contributed by atoms with Crippen LogP contribution in [0.4, 0.5) is 10.2 Å². The largest absolute Gasteiger partial charge is 0.355 e. The molecule has 4 rings (SSSR count). The van der Waals surface area contributed by atoms with Crippen molar-refractivity contribution in [2.24, 2.45) is 0 Å². The number of likely N-dealkylation sites (N-methyl/N-ethyl adjacent to an activating group) is 1. The Bertz CT molecular complexity index is 1320. The lowest BCUT2D eigenvalue weighted by atomic mass is 10.0. The summed E-state index contributed by atoms with van der Waals surface area (Å²) in [5.41, 5.74) is 1.79. The molecule has 2 aliphatic heterocycles. The predicted molar refractivity (Wildman–Crippen MR) is 145 cm³/mol. The van der Waals surface area contributed by atoms with E-state index >= 15 is 0 Å². The van der Waals surface area contributed by atoms with Crippen molar-refractivity contribution < 1.29 is 9.18 Å². The van der Waals surface area contributed by atoms with E-state index in [0.717, 1.165) is 44.1 Å². The normalized spacial score (nSPS) is 17.8. The number of nitrogens with zero attached hydrogens (tertiary/aromatic N) is 5. The van der Waals surface area contributed by atoms with Crippen LogP contribution in [-0.4, -0.2) is 57.3 Å². The summed E-state index contributed by atoms with van der Waals surface area (Å²) in [6, 6.07) is 8.04. The molecule has 0 radical (unpaired) electrons. The molecule has 0 spiro atoms. The number of halogens is 1. The van der Waals surface area contributed by atoms with E-state index in [1.807, 2.05) is 6.92 Å². The van der Waals surface area contributed by atoms with Gasteiger partial charge in [0.2, 0.25) is 0 Å². The number of hydrogen-bond donors (Lipinski definition) is 0. The third-order valence-electron chi connectivity index (χ3n) is 6.68. The van der Waals surface area contributed by atoms with Crippen molar-refractivity contribution in [3.63, 3.8) is 0 Å². The summed E-state index contributed by atoms with van der Waals surface area (Å²) >= 11 is 6.70. The number of piperazine rings is 1. The van der Waals surface area contributed by atoms with Crippen LogP contribution in [-0.2, 0) is 17.9 Å². The van der Waals surface area contributed by atoms with Crippen LogP contribution >= 0.6 is 24.0 Å². The number of hydrogen-bond acceptors (Lipinski definition) is 7. The number of thiocarbonyl (C=S) groups is 1. The molecule has 188 valence electrons. The maximum atomic E-state index is 13.4. The van der Waals surface area contributed by atoms with E-state index in [2.05, 4.69) is 22.8 Å². The van der Waals surface area contributed by atoms with E-state index in [9.17, 15) is 19.2 Å². The van der Waals surface area contributed by atoms with Crippen LogP contribution in [0.3, 0.4) is 0 Å². The zero-order chi connectivity index (χ0) is 26.0. The number of pyridine rings is 1. The molecule has 0 saturated carbocycles. The fourth-order valence-corrected chi connectivity index (χ4v) is 5.83. The van der Waals surface area contributed by atoms with Gasteiger partial charge in [0.25, 0.3) is 11.5 Å². The van der Waals surface area contributed by atoms with Crippen molar-refractivity contribution in [3.05, 3.63) is 67.6 Å². The molecule has 36 heavy (non-hydrogen) atoms. The third kappa shape index (κ3) is 4.96. The number of anilines is 1. The maximum absolute atomic E-state index is 13.4. The highest BCUT2D eigenvalue weighted by molar-refractivity contribution is 8.26. The van der Waals surface area contributed by atoms with Gasteiger partial charge in [-0.2, -0.15) is 5.26 Å². The highest BCUT2D eigenvalue weighted by atomic mass is 32.2. The molecular formula is C26H28FN5O2S2. The molecule has 2 aliphatic rings. The Labute approximate surface area is 219 Å². The van der Waals surface area contributed by atoms with E-state index in [4.69, 9.17) is 12.2 Å². The summed E-state index contributed by atoms with van der Waals surface area (Å²) in [5.74, 6) is 0.146. The van der Waals surface area contributed by atoms with Crippen molar-refractivity contribution >= 4 is 46.1 Å². The van der Waals surface area contributed by atoms with Crippen LogP contribution in [0.25, 0.3) is 6.08 Å². The number of benzene rings is 1. The first-order chi connectivity index (χ1) is 17.3. The molecule has 0 bridgehead atoms. The number of thioether (sulfide) groups is 1. The van der Waals surface area contributed by atoms with Gasteiger partial charge in [0.1, 0.15) is 27.6 Å². The number of nitriles is 1. The molecule has 2 saturated heterocycles. The standard InChI is InChI=1S/C26H28FN5O2S2/c1-4-29-10-12-30(13-11-29)23-20(17(3)21(15-28)24(33)31(23)5-2)14-22-25(34)32(26(35)36-22)16-18-6-8-19(27)9-7-18/h6-9,14H,4-5,10-13,16H2,1-3H3/b22-14-. The predicted octanol–water partition coefficient (Wildman–Crippen LogP) is 3.73. The van der Waals surface area contributed by atoms with E-state index in [-0.39, 0.29) is 29.4 Å². The van der Waals surface area contributed by atoms with Crippen LogP contribution in [0.1, 0.15) is 36.1 Å². The molecule has 1 aromatic heterocycles. The Morgan fingerprint density at radius 1 is 1.11 bits per heavy atom. The van der Waals surface area contributed by atoms with Crippen molar-refractivity contribution in [2.75, 3.05) is 37.6 Å². The molecule has 0 atom stereocenters. The Hall–Kier alpha value is -3.00. The van der Waals surface area contributed by atoms with Crippen molar-refractivity contribution in [1.82, 2.24) is 14.4 Å². The van der Waals surface area contributed by atoms with Crippen molar-refractivity contribution in [3.8, 4) is 6.07 Å². The number of carbonyl (C=O) groups is 1. The van der Waals surface area contributed by atoms with E-state index < -0.39 is 0 Å². The summed E-state index contributed by atoms with van der Waals surface area (Å²) < 4.78 is 15.4. The van der Waals surface area contributed by atoms with Gasteiger partial charge >= 0.3 is 0 Å². The second-order valence-electron chi connectivity index (χ2n) is 8.71. The lowest BCUT2D eigenvalue weighted by Gasteiger charge is -2.37. The number of rotatable bonds is 6. The van der Waals surface area contributed by atoms with Gasteiger partial charge in [0.15, 0.2) is 0 Å². The minimum atomic E-state index is -0.342. The van der Waals surface area contributed by atoms with Gasteiger partial charge in [-0.1, -0.05) is 43.0 Å². The molecule has 2 aromatic rings. The molecule has 0 N–H and O–H groups in total. The first kappa shape index (κ1) is 26.1. The van der Waals surface area contributed by atoms with E-state index in [1.54, 1.807) is 29.7 Å². The first-order valence-electron chi connectivity index (χ1n) is 11.9. The smallest absolute Gasteiger partial charge is 0.270 e. The van der Waals surface area contributed by atoms with Gasteiger partial charge in [-0.3, -0.25) is 19.1 Å². The molecule has 2 fully saturated rings. The van der Waals surface area contributed by atoms with E-state index in [0.29, 0.717) is 26.9 Å². The van der Waals surface area contributed by atoms with Gasteiger partial charge in [-0.15, -0.1) is 0 Å². The Morgan fingerprint density at radius 3 is 2.36 bits per heavy atom. The topological polar surface area (TPSA) is 72.6 Å². The average Bonchev–Trinajstić information content (AvgIpc) is 3.14. The number of amides is 1. The lowest BCUT2D eigenvalue weighted by molar-refractivity contribution is -0.122. The molecule has 0 aliphatic carbocycles. The maximum Gasteiger partial charge on any atom is 0.270 e. The SMILES string of the molecule is CCN1CCN(c2c(/C=C3\SC(=S)N(Cc4ccc(F)cc4)C3=O)c(C)c(C#N)c(=O)n2CC)CC1. The highest BCUT2D eigenvalue weighted by Gasteiger charge is 2.33. The van der Waals surface area contributed by atoms with Gasteiger partial charge < -0.3 is 9.80 Å². The minimum absolute atomic E-state index is 0.0841. The molecular weight excluding hydrogens is 497 g/mol. The van der Waals surface area contributed by atoms with E-state index in [1.165, 1.54) is 28.8 Å². The Balaban J connectivity index is 1.77. The van der Waals surface area contributed by atoms with Crippen molar-refractivity contribution in [1.29, 1.82) is 5.26 Å². The van der Waals surface area contributed by atoms with Crippen LogP contribution in [0.15, 0.2) is 34.0 Å². The average molecular weight is 526 g/mol. The summed E-state index contributed by atoms with van der Waals surface area (Å²) in [5, 5.41) is 9.76. The zero-order valence-electron chi connectivity index (χ0n) is 20.6. The summed E-state index contributed by atoms with van der Waals surface area (Å²) in [6.45, 7) is 10.6. The Kier molecular flexibility index (Phi) is 7.93. The van der Waals surface area contributed by atoms with Crippen molar-refractivity contribution in [2.45, 2.75) is 33.9 Å². The highest BCUT2D eigenvalue weighted by Crippen LogP contribution is 2.36. The van der Waals surface area contributed by atoms with Crippen LogP contribution < -0.4 is 10.5 Å². The summed E-state index contributed by atoms with van der Waals surface area (Å²) in [7, 11) is 0. The summed E-state index contributed by atoms with van der Waals surface area (Å²) in [4.78, 5) is 33.0. The van der Waals surface area contributed by atoms with Gasteiger partial charge in [0, 0.05) is 38.3 Å². The zero-order valence-corrected chi connectivity index (χ0v) is 22.2. The molecule has 1 amide bonds. The molecule has 10 heteroatoms. The van der Waals surface area contributed by atoms with Crippen LogP contribution in [0, 0.1) is 24.1 Å². The molecule has 3 heterocycles. The quantitative estimate of drug-likeness (QED) is 0.420. The number of aromatic nitrogens is 1. The monoisotopic (exact) mass is 525 g/mol. The third-order valence-corrected chi connectivity index (χ3v) is 8.06. The first-order valence-corrected chi connectivity index (χ1v) is 13.2. The summed E-state index contributed by atoms with van der Waals surface area (Å²) in [6.07, 6.45) is 1.77. The molecule has 0 unspecified atom stereocenters. The van der Waals surface area contributed by atoms with Gasteiger partial charge in [0.05, 0.1) is 11.4 Å².